The molecule has 4 bridgehead atoms. The summed E-state index contributed by atoms with van der Waals surface area (Å²) in [6.45, 7) is 2.07. The average Bonchev–Trinajstić information content (AvgIpc) is 3.16. The molecule has 0 radical (unpaired) electrons. The van der Waals surface area contributed by atoms with Crippen molar-refractivity contribution in [3.63, 3.8) is 0 Å². The maximum absolute atomic E-state index is 9.39. The molecule has 2 nitrogen and oxygen atoms in total. The van der Waals surface area contributed by atoms with E-state index in [1.165, 1.54) is 24.8 Å². The summed E-state index contributed by atoms with van der Waals surface area (Å²) in [5, 5.41) is 2.19. The summed E-state index contributed by atoms with van der Waals surface area (Å²) in [7, 11) is 0. The predicted octanol–water partition coefficient (Wildman–Crippen LogP) is 7.72. The van der Waals surface area contributed by atoms with Crippen LogP contribution in [0.3, 0.4) is 0 Å². The summed E-state index contributed by atoms with van der Waals surface area (Å²) in [6, 6.07) is 16.4. The zero-order chi connectivity index (χ0) is 22.4. The molecule has 31 heavy (non-hydrogen) atoms. The molecule has 4 aliphatic carbocycles. The zero-order valence-electron chi connectivity index (χ0n) is 20.0. The number of nitrogens with zero attached hydrogens (tertiary/aromatic N) is 1. The minimum atomic E-state index is -1.35. The van der Waals surface area contributed by atoms with Gasteiger partial charge < -0.3 is 4.42 Å². The fourth-order valence-electron chi connectivity index (χ4n) is 7.33. The van der Waals surface area contributed by atoms with Gasteiger partial charge in [0, 0.05) is 25.3 Å². The maximum Gasteiger partial charge on any atom is 0.144 e. The van der Waals surface area contributed by atoms with Crippen LogP contribution in [0.5, 0.6) is 0 Å². The number of hydrogen-bond donors (Lipinski definition) is 0. The molecule has 0 N–H and O–H groups in total. The molecule has 0 saturated heterocycles. The van der Waals surface area contributed by atoms with E-state index in [0.717, 1.165) is 75.8 Å². The Morgan fingerprint density at radius 1 is 0.968 bits per heavy atom. The number of benzene rings is 2. The molecule has 8 rings (SSSR count). The molecule has 0 aliphatic heterocycles. The van der Waals surface area contributed by atoms with Crippen LogP contribution in [0.1, 0.15) is 52.4 Å². The van der Waals surface area contributed by atoms with Crippen LogP contribution >= 0.6 is 0 Å². The summed E-state index contributed by atoms with van der Waals surface area (Å²) in [4.78, 5) is 4.68. The SMILES string of the molecule is [2H]C([2H])(c1ccnc(-c2cccc3c2oc2cc(C)ccc23)c1)C12CC3CC(CC(C3)C1)C2. The van der Waals surface area contributed by atoms with Crippen LogP contribution in [0.15, 0.2) is 59.1 Å². The minimum absolute atomic E-state index is 0.219. The summed E-state index contributed by atoms with van der Waals surface area (Å²) in [5.74, 6) is 2.17. The molecule has 4 aromatic rings. The van der Waals surface area contributed by atoms with Gasteiger partial charge in [-0.1, -0.05) is 24.3 Å². The van der Waals surface area contributed by atoms with Gasteiger partial charge in [0.25, 0.3) is 0 Å². The van der Waals surface area contributed by atoms with Crippen molar-refractivity contribution in [2.75, 3.05) is 0 Å². The third-order valence-electron chi connectivity index (χ3n) is 8.14. The monoisotopic (exact) mass is 409 g/mol. The van der Waals surface area contributed by atoms with Gasteiger partial charge in [0.1, 0.15) is 11.2 Å². The second kappa shape index (κ2) is 6.45. The molecule has 156 valence electrons. The van der Waals surface area contributed by atoms with Crippen LogP contribution in [0.2, 0.25) is 0 Å². The van der Waals surface area contributed by atoms with E-state index >= 15 is 0 Å². The van der Waals surface area contributed by atoms with E-state index in [2.05, 4.69) is 42.2 Å². The van der Waals surface area contributed by atoms with Gasteiger partial charge in [-0.15, -0.1) is 0 Å². The molecule has 0 atom stereocenters. The molecule has 0 spiro atoms. The highest BCUT2D eigenvalue weighted by Crippen LogP contribution is 2.61. The van der Waals surface area contributed by atoms with Gasteiger partial charge in [0.05, 0.1) is 5.69 Å². The first-order chi connectivity index (χ1) is 15.9. The fourth-order valence-corrected chi connectivity index (χ4v) is 7.33. The first-order valence-corrected chi connectivity index (χ1v) is 11.8. The van der Waals surface area contributed by atoms with Crippen molar-refractivity contribution in [3.8, 4) is 11.3 Å². The Morgan fingerprint density at radius 3 is 2.52 bits per heavy atom. The number of aryl methyl sites for hydroxylation is 1. The van der Waals surface area contributed by atoms with Crippen molar-refractivity contribution in [2.24, 2.45) is 23.2 Å². The minimum Gasteiger partial charge on any atom is -0.455 e. The van der Waals surface area contributed by atoms with Gasteiger partial charge in [-0.25, -0.2) is 0 Å². The van der Waals surface area contributed by atoms with Crippen LogP contribution < -0.4 is 0 Å². The largest absolute Gasteiger partial charge is 0.455 e. The van der Waals surface area contributed by atoms with E-state index in [1.54, 1.807) is 6.20 Å². The van der Waals surface area contributed by atoms with Gasteiger partial charge in [0.15, 0.2) is 0 Å². The van der Waals surface area contributed by atoms with Gasteiger partial charge in [-0.2, -0.15) is 0 Å². The number of aromatic nitrogens is 1. The van der Waals surface area contributed by atoms with Crippen molar-refractivity contribution >= 4 is 21.9 Å². The van der Waals surface area contributed by atoms with E-state index in [4.69, 9.17) is 4.42 Å². The predicted molar refractivity (Wildman–Crippen MR) is 126 cm³/mol. The van der Waals surface area contributed by atoms with Crippen molar-refractivity contribution in [3.05, 3.63) is 65.9 Å². The number of hydrogen-bond acceptors (Lipinski definition) is 2. The lowest BCUT2D eigenvalue weighted by Crippen LogP contribution is -2.47. The van der Waals surface area contributed by atoms with Crippen LogP contribution in [-0.4, -0.2) is 4.98 Å². The molecule has 4 fully saturated rings. The number of fused-ring (bicyclic) bond motifs is 3. The third-order valence-corrected chi connectivity index (χ3v) is 8.14. The van der Waals surface area contributed by atoms with Crippen LogP contribution in [0, 0.1) is 30.1 Å². The molecular weight excluding hydrogens is 378 g/mol. The van der Waals surface area contributed by atoms with Crippen LogP contribution in [-0.2, 0) is 6.37 Å². The summed E-state index contributed by atoms with van der Waals surface area (Å²) < 4.78 is 25.1. The Hall–Kier alpha value is -2.61. The summed E-state index contributed by atoms with van der Waals surface area (Å²) in [5.41, 5.74) is 5.18. The van der Waals surface area contributed by atoms with Gasteiger partial charge in [-0.05, 0) is 110 Å². The number of para-hydroxylation sites is 1. The molecular formula is C29H29NO. The van der Waals surface area contributed by atoms with E-state index in [9.17, 15) is 2.74 Å². The second-order valence-corrected chi connectivity index (χ2v) is 10.5. The fraction of sp³-hybridized carbons (Fsp3) is 0.414. The number of furan rings is 1. The topological polar surface area (TPSA) is 26.0 Å². The quantitative estimate of drug-likeness (QED) is 0.346. The Labute approximate surface area is 186 Å². The lowest BCUT2D eigenvalue weighted by atomic mass is 9.48. The highest BCUT2D eigenvalue weighted by atomic mass is 16.3. The Bertz CT molecular complexity index is 1370. The first kappa shape index (κ1) is 16.1. The van der Waals surface area contributed by atoms with Crippen LogP contribution in [0.25, 0.3) is 33.2 Å². The lowest BCUT2D eigenvalue weighted by molar-refractivity contribution is -0.0521. The molecule has 4 saturated carbocycles. The molecule has 0 unspecified atom stereocenters. The van der Waals surface area contributed by atoms with Crippen molar-refractivity contribution in [2.45, 2.75) is 51.8 Å². The summed E-state index contributed by atoms with van der Waals surface area (Å²) in [6.07, 6.45) is 7.54. The Morgan fingerprint density at radius 2 is 1.74 bits per heavy atom. The van der Waals surface area contributed by atoms with Crippen molar-refractivity contribution < 1.29 is 7.16 Å². The van der Waals surface area contributed by atoms with E-state index in [-0.39, 0.29) is 5.41 Å². The van der Waals surface area contributed by atoms with E-state index in [1.807, 2.05) is 18.2 Å². The Kier molecular flexibility index (Phi) is 3.35. The van der Waals surface area contributed by atoms with Crippen molar-refractivity contribution in [1.29, 1.82) is 0 Å². The van der Waals surface area contributed by atoms with Crippen LogP contribution in [0.4, 0.5) is 0 Å². The van der Waals surface area contributed by atoms with Gasteiger partial charge >= 0.3 is 0 Å². The Balaban J connectivity index is 1.34. The first-order valence-electron chi connectivity index (χ1n) is 12.8. The molecule has 2 aromatic carbocycles. The lowest BCUT2D eigenvalue weighted by Gasteiger charge is -2.57. The highest BCUT2D eigenvalue weighted by Gasteiger charge is 2.50. The molecule has 4 aliphatic rings. The van der Waals surface area contributed by atoms with Gasteiger partial charge in [-0.3, -0.25) is 4.98 Å². The number of rotatable bonds is 3. The molecule has 2 heteroatoms. The molecule has 0 amide bonds. The smallest absolute Gasteiger partial charge is 0.144 e. The molecule has 2 heterocycles. The van der Waals surface area contributed by atoms with E-state index in [0.29, 0.717) is 0 Å². The average molecular weight is 410 g/mol. The number of pyridine rings is 1. The van der Waals surface area contributed by atoms with E-state index < -0.39 is 6.37 Å². The maximum atomic E-state index is 9.39. The summed E-state index contributed by atoms with van der Waals surface area (Å²) >= 11 is 0. The van der Waals surface area contributed by atoms with Crippen molar-refractivity contribution in [1.82, 2.24) is 4.98 Å². The molecule has 2 aromatic heterocycles. The second-order valence-electron chi connectivity index (χ2n) is 10.5. The van der Waals surface area contributed by atoms with Gasteiger partial charge in [0.2, 0.25) is 0 Å². The normalized spacial score (nSPS) is 30.7. The third kappa shape index (κ3) is 2.87. The standard InChI is InChI=1S/C29H29NO/c1-18-5-6-23-24-3-2-4-25(28(24)31-27(23)9-18)26-13-19(7-8-30-26)14-29-15-20-10-21(16-29)12-22(11-20)17-29/h2-9,13,20-22H,10-12,14-17H2,1H3/i14D2. The highest BCUT2D eigenvalue weighted by molar-refractivity contribution is 6.09. The zero-order valence-corrected chi connectivity index (χ0v) is 18.0.